The standard InChI is InChI=1S/C18H13ClFN3O3S/c1-10-3-2-4-11(21-10)8-15-17(25)23(18(26)27-15)9-16(24)22-12-5-6-14(20)13(19)7-12/h2-8H,9H2,1H3,(H,22,24)/b15-8+. The van der Waals surface area contributed by atoms with Crippen molar-refractivity contribution < 1.29 is 18.8 Å². The average molecular weight is 406 g/mol. The normalized spacial score (nSPS) is 15.5. The van der Waals surface area contributed by atoms with Crippen molar-refractivity contribution in [1.29, 1.82) is 0 Å². The van der Waals surface area contributed by atoms with Gasteiger partial charge in [0.1, 0.15) is 12.4 Å². The molecular weight excluding hydrogens is 393 g/mol. The maximum Gasteiger partial charge on any atom is 0.294 e. The number of nitrogens with one attached hydrogen (secondary N) is 1. The van der Waals surface area contributed by atoms with Crippen molar-refractivity contribution in [3.63, 3.8) is 0 Å². The molecular formula is C18H13ClFN3O3S. The predicted molar refractivity (Wildman–Crippen MR) is 102 cm³/mol. The van der Waals surface area contributed by atoms with Gasteiger partial charge in [-0.1, -0.05) is 17.7 Å². The van der Waals surface area contributed by atoms with Crippen LogP contribution in [0, 0.1) is 12.7 Å². The molecule has 2 heterocycles. The SMILES string of the molecule is Cc1cccc(/C=C2/SC(=O)N(CC(=O)Nc3ccc(F)c(Cl)c3)C2=O)n1. The molecule has 1 saturated heterocycles. The number of aromatic nitrogens is 1. The molecule has 0 unspecified atom stereocenters. The van der Waals surface area contributed by atoms with Crippen LogP contribution in [0.25, 0.3) is 6.08 Å². The molecule has 3 amide bonds. The Kier molecular flexibility index (Phi) is 5.57. The van der Waals surface area contributed by atoms with E-state index in [0.29, 0.717) is 5.69 Å². The van der Waals surface area contributed by atoms with E-state index in [1.54, 1.807) is 12.1 Å². The number of benzene rings is 1. The number of hydrogen-bond donors (Lipinski definition) is 1. The number of halogens is 2. The van der Waals surface area contributed by atoms with Crippen molar-refractivity contribution in [2.45, 2.75) is 6.92 Å². The zero-order valence-electron chi connectivity index (χ0n) is 14.0. The summed E-state index contributed by atoms with van der Waals surface area (Å²) in [7, 11) is 0. The zero-order chi connectivity index (χ0) is 19.6. The number of carbonyl (C=O) groups is 3. The van der Waals surface area contributed by atoms with Gasteiger partial charge in [-0.25, -0.2) is 4.39 Å². The molecule has 1 N–H and O–H groups in total. The second kappa shape index (κ2) is 7.89. The maximum absolute atomic E-state index is 13.2. The maximum atomic E-state index is 13.2. The highest BCUT2D eigenvalue weighted by Gasteiger charge is 2.36. The van der Waals surface area contributed by atoms with E-state index < -0.39 is 29.4 Å². The Morgan fingerprint density at radius 1 is 1.33 bits per heavy atom. The van der Waals surface area contributed by atoms with Crippen LogP contribution in [0.2, 0.25) is 5.02 Å². The number of imide groups is 1. The Balaban J connectivity index is 1.69. The number of carbonyl (C=O) groups excluding carboxylic acids is 3. The lowest BCUT2D eigenvalue weighted by atomic mass is 10.3. The molecule has 0 aliphatic carbocycles. The first-order chi connectivity index (χ1) is 12.8. The monoisotopic (exact) mass is 405 g/mol. The van der Waals surface area contributed by atoms with Crippen LogP contribution in [0.5, 0.6) is 0 Å². The van der Waals surface area contributed by atoms with Gasteiger partial charge < -0.3 is 5.32 Å². The molecule has 1 aliphatic rings. The third kappa shape index (κ3) is 4.53. The number of pyridine rings is 1. The Morgan fingerprint density at radius 2 is 2.11 bits per heavy atom. The highest BCUT2D eigenvalue weighted by atomic mass is 35.5. The number of aryl methyl sites for hydroxylation is 1. The Hall–Kier alpha value is -2.71. The molecule has 1 aromatic heterocycles. The third-order valence-corrected chi connectivity index (χ3v) is 4.76. The van der Waals surface area contributed by atoms with Crippen LogP contribution in [0.1, 0.15) is 11.4 Å². The van der Waals surface area contributed by atoms with Crippen molar-refractivity contribution >= 4 is 52.2 Å². The van der Waals surface area contributed by atoms with Crippen molar-refractivity contribution in [2.24, 2.45) is 0 Å². The minimum Gasteiger partial charge on any atom is -0.324 e. The highest BCUT2D eigenvalue weighted by Crippen LogP contribution is 2.31. The molecule has 3 rings (SSSR count). The van der Waals surface area contributed by atoms with Crippen LogP contribution in [0.3, 0.4) is 0 Å². The first-order valence-corrected chi connectivity index (χ1v) is 8.97. The van der Waals surface area contributed by atoms with E-state index in [2.05, 4.69) is 10.3 Å². The molecule has 0 spiro atoms. The lowest BCUT2D eigenvalue weighted by molar-refractivity contribution is -0.127. The lowest BCUT2D eigenvalue weighted by Gasteiger charge is -2.12. The summed E-state index contributed by atoms with van der Waals surface area (Å²) in [6, 6.07) is 9.00. The molecule has 0 atom stereocenters. The molecule has 27 heavy (non-hydrogen) atoms. The second-order valence-electron chi connectivity index (χ2n) is 5.65. The first-order valence-electron chi connectivity index (χ1n) is 7.77. The molecule has 6 nitrogen and oxygen atoms in total. The van der Waals surface area contributed by atoms with Gasteiger partial charge in [-0.05, 0) is 55.1 Å². The number of rotatable bonds is 4. The smallest absolute Gasteiger partial charge is 0.294 e. The number of hydrogen-bond acceptors (Lipinski definition) is 5. The number of anilines is 1. The highest BCUT2D eigenvalue weighted by molar-refractivity contribution is 8.18. The lowest BCUT2D eigenvalue weighted by Crippen LogP contribution is -2.36. The fourth-order valence-corrected chi connectivity index (χ4v) is 3.34. The Morgan fingerprint density at radius 3 is 2.81 bits per heavy atom. The van der Waals surface area contributed by atoms with Gasteiger partial charge in [-0.3, -0.25) is 24.3 Å². The van der Waals surface area contributed by atoms with E-state index >= 15 is 0 Å². The van der Waals surface area contributed by atoms with E-state index in [1.807, 2.05) is 13.0 Å². The van der Waals surface area contributed by atoms with Crippen molar-refractivity contribution in [2.75, 3.05) is 11.9 Å². The van der Waals surface area contributed by atoms with Gasteiger partial charge in [0.05, 0.1) is 15.6 Å². The summed E-state index contributed by atoms with van der Waals surface area (Å²) in [6.07, 6.45) is 1.51. The molecule has 0 saturated carbocycles. The summed E-state index contributed by atoms with van der Waals surface area (Å²) in [4.78, 5) is 41.9. The molecule has 9 heteroatoms. The third-order valence-electron chi connectivity index (χ3n) is 3.57. The summed E-state index contributed by atoms with van der Waals surface area (Å²) < 4.78 is 13.2. The van der Waals surface area contributed by atoms with Crippen LogP contribution in [-0.4, -0.2) is 33.5 Å². The topological polar surface area (TPSA) is 79.4 Å². The number of nitrogens with zero attached hydrogens (tertiary/aromatic N) is 2. The second-order valence-corrected chi connectivity index (χ2v) is 7.05. The van der Waals surface area contributed by atoms with Crippen molar-refractivity contribution in [3.8, 4) is 0 Å². The molecule has 0 bridgehead atoms. The van der Waals surface area contributed by atoms with Crippen LogP contribution >= 0.6 is 23.4 Å². The van der Waals surface area contributed by atoms with Crippen LogP contribution in [0.4, 0.5) is 14.9 Å². The minimum absolute atomic E-state index is 0.146. The number of thioether (sulfide) groups is 1. The van der Waals surface area contributed by atoms with Gasteiger partial charge in [-0.2, -0.15) is 0 Å². The van der Waals surface area contributed by atoms with Crippen LogP contribution < -0.4 is 5.32 Å². The zero-order valence-corrected chi connectivity index (χ0v) is 15.6. The van der Waals surface area contributed by atoms with E-state index in [-0.39, 0.29) is 15.6 Å². The van der Waals surface area contributed by atoms with E-state index in [1.165, 1.54) is 18.2 Å². The predicted octanol–water partition coefficient (Wildman–Crippen LogP) is 3.86. The quantitative estimate of drug-likeness (QED) is 0.781. The van der Waals surface area contributed by atoms with Gasteiger partial charge in [0.25, 0.3) is 11.1 Å². The van der Waals surface area contributed by atoms with Gasteiger partial charge in [0, 0.05) is 11.4 Å². The van der Waals surface area contributed by atoms with Gasteiger partial charge >= 0.3 is 0 Å². The van der Waals surface area contributed by atoms with E-state index in [4.69, 9.17) is 11.6 Å². The van der Waals surface area contributed by atoms with Gasteiger partial charge in [0.2, 0.25) is 5.91 Å². The fraction of sp³-hybridized carbons (Fsp3) is 0.111. The van der Waals surface area contributed by atoms with Gasteiger partial charge in [-0.15, -0.1) is 0 Å². The Bertz CT molecular complexity index is 980. The minimum atomic E-state index is -0.615. The fourth-order valence-electron chi connectivity index (χ4n) is 2.33. The summed E-state index contributed by atoms with van der Waals surface area (Å²) in [5, 5.41) is 1.78. The Labute approximate surface area is 163 Å². The summed E-state index contributed by atoms with van der Waals surface area (Å²) in [5.41, 5.74) is 1.59. The van der Waals surface area contributed by atoms with Gasteiger partial charge in [0.15, 0.2) is 0 Å². The summed E-state index contributed by atoms with van der Waals surface area (Å²) in [6.45, 7) is 1.35. The average Bonchev–Trinajstić information content (AvgIpc) is 2.86. The largest absolute Gasteiger partial charge is 0.324 e. The molecule has 1 aromatic carbocycles. The summed E-state index contributed by atoms with van der Waals surface area (Å²) >= 11 is 6.40. The van der Waals surface area contributed by atoms with Crippen molar-refractivity contribution in [1.82, 2.24) is 9.88 Å². The summed E-state index contributed by atoms with van der Waals surface area (Å²) in [5.74, 6) is -1.79. The molecule has 2 aromatic rings. The first kappa shape index (κ1) is 19.1. The van der Waals surface area contributed by atoms with Crippen LogP contribution in [-0.2, 0) is 9.59 Å². The number of amides is 3. The van der Waals surface area contributed by atoms with E-state index in [9.17, 15) is 18.8 Å². The molecule has 1 fully saturated rings. The molecule has 1 aliphatic heterocycles. The molecule has 138 valence electrons. The van der Waals surface area contributed by atoms with E-state index in [0.717, 1.165) is 28.4 Å². The van der Waals surface area contributed by atoms with Crippen LogP contribution in [0.15, 0.2) is 41.3 Å². The molecule has 0 radical (unpaired) electrons. The van der Waals surface area contributed by atoms with Crippen molar-refractivity contribution in [3.05, 3.63) is 63.5 Å².